The van der Waals surface area contributed by atoms with Crippen LogP contribution in [0.1, 0.15) is 26.4 Å². The lowest BCUT2D eigenvalue weighted by molar-refractivity contribution is 0.0696. The number of H-pyrrole nitrogens is 1. The van der Waals surface area contributed by atoms with Crippen LogP contribution in [0, 0.1) is 0 Å². The summed E-state index contributed by atoms with van der Waals surface area (Å²) < 4.78 is 5.11. The lowest BCUT2D eigenvalue weighted by atomic mass is 10.1. The third kappa shape index (κ3) is 4.18. The molecule has 136 valence electrons. The smallest absolute Gasteiger partial charge is 0.336 e. The highest BCUT2D eigenvalue weighted by Crippen LogP contribution is 2.21. The topological polar surface area (TPSA) is 117 Å². The van der Waals surface area contributed by atoms with Crippen molar-refractivity contribution in [3.05, 3.63) is 71.4 Å². The number of methoxy groups -OCH3 is 1. The van der Waals surface area contributed by atoms with E-state index in [-0.39, 0.29) is 11.3 Å². The minimum absolute atomic E-state index is 0.0961. The number of hydrogen-bond acceptors (Lipinski definition) is 5. The number of nitrogens with one attached hydrogen (secondary N) is 2. The number of amides is 1. The SMILES string of the molecule is COc1ccc(-c2cc(C(=O)N/N=C/c3ccccc3C(=O)O)[nH]n2)cc1. The van der Waals surface area contributed by atoms with Gasteiger partial charge in [-0.3, -0.25) is 9.89 Å². The van der Waals surface area contributed by atoms with Gasteiger partial charge < -0.3 is 9.84 Å². The zero-order chi connectivity index (χ0) is 19.2. The summed E-state index contributed by atoms with van der Waals surface area (Å²) in [6, 6.07) is 15.2. The summed E-state index contributed by atoms with van der Waals surface area (Å²) in [6.45, 7) is 0. The summed E-state index contributed by atoms with van der Waals surface area (Å²) in [5, 5.41) is 19.7. The molecule has 0 unspecified atom stereocenters. The molecule has 0 aliphatic rings. The molecule has 0 radical (unpaired) electrons. The van der Waals surface area contributed by atoms with Crippen molar-refractivity contribution in [2.75, 3.05) is 7.11 Å². The number of rotatable bonds is 6. The number of ether oxygens (including phenoxy) is 1. The molecule has 0 atom stereocenters. The Balaban J connectivity index is 1.68. The number of carboxylic acids is 1. The number of aromatic nitrogens is 2. The molecule has 1 aromatic heterocycles. The van der Waals surface area contributed by atoms with E-state index >= 15 is 0 Å². The number of carbonyl (C=O) groups is 2. The molecule has 1 amide bonds. The first-order chi connectivity index (χ1) is 13.1. The van der Waals surface area contributed by atoms with Gasteiger partial charge in [0.1, 0.15) is 11.4 Å². The van der Waals surface area contributed by atoms with Crippen molar-refractivity contribution >= 4 is 18.1 Å². The van der Waals surface area contributed by atoms with Crippen LogP contribution >= 0.6 is 0 Å². The minimum atomic E-state index is -1.07. The number of aromatic amines is 1. The maximum Gasteiger partial charge on any atom is 0.336 e. The third-order valence-corrected chi connectivity index (χ3v) is 3.77. The van der Waals surface area contributed by atoms with Crippen molar-refractivity contribution in [2.24, 2.45) is 5.10 Å². The second-order valence-electron chi connectivity index (χ2n) is 5.49. The highest BCUT2D eigenvalue weighted by Gasteiger charge is 2.11. The summed E-state index contributed by atoms with van der Waals surface area (Å²) in [4.78, 5) is 23.3. The molecule has 2 aromatic carbocycles. The van der Waals surface area contributed by atoms with E-state index in [0.29, 0.717) is 11.3 Å². The van der Waals surface area contributed by atoms with Gasteiger partial charge in [0.25, 0.3) is 5.91 Å². The molecule has 0 bridgehead atoms. The van der Waals surface area contributed by atoms with Crippen molar-refractivity contribution in [1.29, 1.82) is 0 Å². The van der Waals surface area contributed by atoms with Gasteiger partial charge in [0, 0.05) is 11.1 Å². The van der Waals surface area contributed by atoms with E-state index in [9.17, 15) is 9.59 Å². The van der Waals surface area contributed by atoms with Crippen LogP contribution in [0.5, 0.6) is 5.75 Å². The molecule has 1 heterocycles. The maximum absolute atomic E-state index is 12.2. The van der Waals surface area contributed by atoms with Crippen molar-refractivity contribution in [2.45, 2.75) is 0 Å². The second kappa shape index (κ2) is 7.96. The Bertz CT molecular complexity index is 993. The molecule has 0 aliphatic heterocycles. The predicted molar refractivity (Wildman–Crippen MR) is 99.0 cm³/mol. The fraction of sp³-hybridized carbons (Fsp3) is 0.0526. The van der Waals surface area contributed by atoms with Gasteiger partial charge in [-0.1, -0.05) is 18.2 Å². The van der Waals surface area contributed by atoms with Crippen LogP contribution in [-0.2, 0) is 0 Å². The number of benzene rings is 2. The highest BCUT2D eigenvalue weighted by atomic mass is 16.5. The number of hydrazone groups is 1. The van der Waals surface area contributed by atoms with Crippen LogP contribution in [0.2, 0.25) is 0 Å². The predicted octanol–water partition coefficient (Wildman–Crippen LogP) is 2.55. The van der Waals surface area contributed by atoms with Crippen molar-refractivity contribution in [3.8, 4) is 17.0 Å². The molecule has 3 N–H and O–H groups in total. The maximum atomic E-state index is 12.2. The normalized spacial score (nSPS) is 10.7. The van der Waals surface area contributed by atoms with Crippen LogP contribution in [0.4, 0.5) is 0 Å². The number of nitrogens with zero attached hydrogens (tertiary/aromatic N) is 2. The monoisotopic (exact) mass is 364 g/mol. The summed E-state index contributed by atoms with van der Waals surface area (Å²) in [6.07, 6.45) is 1.28. The Kier molecular flexibility index (Phi) is 5.27. The lowest BCUT2D eigenvalue weighted by Crippen LogP contribution is -2.18. The molecule has 0 saturated heterocycles. The van der Waals surface area contributed by atoms with Crippen molar-refractivity contribution in [3.63, 3.8) is 0 Å². The molecule has 8 nitrogen and oxygen atoms in total. The second-order valence-corrected chi connectivity index (χ2v) is 5.49. The quantitative estimate of drug-likeness (QED) is 0.459. The van der Waals surface area contributed by atoms with E-state index in [4.69, 9.17) is 9.84 Å². The molecule has 3 aromatic rings. The Morgan fingerprint density at radius 2 is 1.93 bits per heavy atom. The largest absolute Gasteiger partial charge is 0.497 e. The molecule has 27 heavy (non-hydrogen) atoms. The van der Waals surface area contributed by atoms with Crippen LogP contribution < -0.4 is 10.2 Å². The third-order valence-electron chi connectivity index (χ3n) is 3.77. The van der Waals surface area contributed by atoms with E-state index in [0.717, 1.165) is 11.3 Å². The number of hydrogen-bond donors (Lipinski definition) is 3. The number of carboxylic acid groups (broad SMARTS) is 1. The molecule has 0 aliphatic carbocycles. The Hall–Kier alpha value is -3.94. The Morgan fingerprint density at radius 1 is 1.19 bits per heavy atom. The van der Waals surface area contributed by atoms with Crippen molar-refractivity contribution < 1.29 is 19.4 Å². The molecule has 8 heteroatoms. The van der Waals surface area contributed by atoms with Crippen LogP contribution in [0.25, 0.3) is 11.3 Å². The van der Waals surface area contributed by atoms with Gasteiger partial charge in [0.05, 0.1) is 24.6 Å². The van der Waals surface area contributed by atoms with E-state index < -0.39 is 11.9 Å². The Labute approximate surface area is 154 Å². The van der Waals surface area contributed by atoms with Gasteiger partial charge in [0.2, 0.25) is 0 Å². The molecule has 0 spiro atoms. The number of carbonyl (C=O) groups excluding carboxylic acids is 1. The van der Waals surface area contributed by atoms with Gasteiger partial charge in [0.15, 0.2) is 0 Å². The Morgan fingerprint density at radius 3 is 2.63 bits per heavy atom. The summed E-state index contributed by atoms with van der Waals surface area (Å²) >= 11 is 0. The lowest BCUT2D eigenvalue weighted by Gasteiger charge is -2.00. The number of aromatic carboxylic acids is 1. The molecular weight excluding hydrogens is 348 g/mol. The van der Waals surface area contributed by atoms with Gasteiger partial charge in [-0.05, 0) is 36.4 Å². The van der Waals surface area contributed by atoms with Gasteiger partial charge in [-0.2, -0.15) is 10.2 Å². The van der Waals surface area contributed by atoms with E-state index in [1.807, 2.05) is 12.1 Å². The van der Waals surface area contributed by atoms with Crippen LogP contribution in [0.15, 0.2) is 59.7 Å². The summed E-state index contributed by atoms with van der Waals surface area (Å²) in [5.74, 6) is -0.837. The van der Waals surface area contributed by atoms with E-state index in [1.165, 1.54) is 12.3 Å². The molecule has 3 rings (SSSR count). The highest BCUT2D eigenvalue weighted by molar-refractivity contribution is 5.99. The van der Waals surface area contributed by atoms with Crippen LogP contribution in [0.3, 0.4) is 0 Å². The van der Waals surface area contributed by atoms with Crippen LogP contribution in [-0.4, -0.2) is 40.5 Å². The summed E-state index contributed by atoms with van der Waals surface area (Å²) in [7, 11) is 1.58. The molecule has 0 saturated carbocycles. The summed E-state index contributed by atoms with van der Waals surface area (Å²) in [5.41, 5.74) is 4.47. The molecule has 0 fully saturated rings. The van der Waals surface area contributed by atoms with E-state index in [1.54, 1.807) is 43.5 Å². The zero-order valence-electron chi connectivity index (χ0n) is 14.3. The van der Waals surface area contributed by atoms with Crippen molar-refractivity contribution in [1.82, 2.24) is 15.6 Å². The van der Waals surface area contributed by atoms with Gasteiger partial charge in [-0.15, -0.1) is 0 Å². The first-order valence-electron chi connectivity index (χ1n) is 7.94. The molecular formula is C19H16N4O4. The van der Waals surface area contributed by atoms with Gasteiger partial charge in [-0.25, -0.2) is 10.2 Å². The minimum Gasteiger partial charge on any atom is -0.497 e. The van der Waals surface area contributed by atoms with Gasteiger partial charge >= 0.3 is 5.97 Å². The fourth-order valence-electron chi connectivity index (χ4n) is 2.37. The fourth-order valence-corrected chi connectivity index (χ4v) is 2.37. The average Bonchev–Trinajstić information content (AvgIpc) is 3.18. The first kappa shape index (κ1) is 17.9. The average molecular weight is 364 g/mol. The first-order valence-corrected chi connectivity index (χ1v) is 7.94. The zero-order valence-corrected chi connectivity index (χ0v) is 14.3. The standard InChI is InChI=1S/C19H16N4O4/c1-27-14-8-6-12(7-9-14)16-10-17(22-21-16)18(24)23-20-11-13-4-2-3-5-15(13)19(25)26/h2-11H,1H3,(H,21,22)(H,23,24)(H,25,26)/b20-11+. The van der Waals surface area contributed by atoms with E-state index in [2.05, 4.69) is 20.7 Å².